The zero-order valence-corrected chi connectivity index (χ0v) is 18.6. The van der Waals surface area contributed by atoms with Crippen molar-refractivity contribution in [3.05, 3.63) is 71.9 Å². The van der Waals surface area contributed by atoms with Crippen molar-refractivity contribution >= 4 is 29.3 Å². The summed E-state index contributed by atoms with van der Waals surface area (Å²) in [7, 11) is 0. The molecular weight excluding hydrogens is 408 g/mol. The van der Waals surface area contributed by atoms with Gasteiger partial charge in [-0.2, -0.15) is 5.10 Å². The van der Waals surface area contributed by atoms with Gasteiger partial charge in [-0.15, -0.1) is 11.8 Å². The summed E-state index contributed by atoms with van der Waals surface area (Å²) in [6.07, 6.45) is 0.342. The highest BCUT2D eigenvalue weighted by Crippen LogP contribution is 2.39. The summed E-state index contributed by atoms with van der Waals surface area (Å²) in [4.78, 5) is 27.2. The van der Waals surface area contributed by atoms with Crippen LogP contribution in [0.15, 0.2) is 65.7 Å². The molecule has 4 rings (SSSR count). The van der Waals surface area contributed by atoms with E-state index in [0.29, 0.717) is 6.54 Å². The van der Waals surface area contributed by atoms with Crippen LogP contribution in [0.3, 0.4) is 0 Å². The average Bonchev–Trinajstić information content (AvgIpc) is 3.15. The number of hydrogen-bond acceptors (Lipinski definition) is 4. The van der Waals surface area contributed by atoms with Gasteiger partial charge in [0.05, 0.1) is 23.1 Å². The van der Waals surface area contributed by atoms with E-state index in [9.17, 15) is 9.59 Å². The molecule has 160 valence electrons. The second-order valence-electron chi connectivity index (χ2n) is 7.58. The lowest BCUT2D eigenvalue weighted by atomic mass is 10.1. The first-order chi connectivity index (χ1) is 15.0. The second-order valence-corrected chi connectivity index (χ2v) is 8.66. The molecule has 0 unspecified atom stereocenters. The molecule has 1 atom stereocenters. The zero-order chi connectivity index (χ0) is 21.8. The van der Waals surface area contributed by atoms with E-state index < -0.39 is 0 Å². The summed E-state index contributed by atoms with van der Waals surface area (Å²) >= 11 is 1.71. The summed E-state index contributed by atoms with van der Waals surface area (Å²) in [6, 6.07) is 19.7. The lowest BCUT2D eigenvalue weighted by Crippen LogP contribution is -2.36. The molecule has 0 spiro atoms. The minimum Gasteiger partial charge on any atom is -0.350 e. The lowest BCUT2D eigenvalue weighted by molar-refractivity contribution is -0.125. The van der Waals surface area contributed by atoms with Gasteiger partial charge in [0.1, 0.15) is 5.03 Å². The van der Waals surface area contributed by atoms with E-state index in [1.807, 2.05) is 79.2 Å². The Bertz CT molecular complexity index is 1070. The number of nitrogens with zero attached hydrogens (tertiary/aromatic N) is 3. The molecular formula is C24H26N4O2S. The summed E-state index contributed by atoms with van der Waals surface area (Å²) in [5.41, 5.74) is 3.71. The molecule has 0 saturated heterocycles. The number of carbonyl (C=O) groups excluding carboxylic acids is 2. The van der Waals surface area contributed by atoms with Crippen LogP contribution in [0, 0.1) is 6.92 Å². The number of para-hydroxylation sites is 1. The molecule has 1 aromatic heterocycles. The molecule has 7 heteroatoms. The van der Waals surface area contributed by atoms with Gasteiger partial charge in [-0.3, -0.25) is 9.59 Å². The Labute approximate surface area is 186 Å². The molecule has 0 fully saturated rings. The molecule has 1 aliphatic rings. The summed E-state index contributed by atoms with van der Waals surface area (Å²) in [6.45, 7) is 4.50. The Morgan fingerprint density at radius 3 is 2.45 bits per heavy atom. The minimum absolute atomic E-state index is 0.0419. The fraction of sp³-hybridized carbons (Fsp3) is 0.292. The maximum atomic E-state index is 13.0. The third-order valence-electron chi connectivity index (χ3n) is 5.36. The number of anilines is 1. The maximum Gasteiger partial charge on any atom is 0.227 e. The van der Waals surface area contributed by atoms with Crippen molar-refractivity contribution in [1.82, 2.24) is 15.1 Å². The molecule has 6 nitrogen and oxygen atoms in total. The largest absolute Gasteiger partial charge is 0.350 e. The summed E-state index contributed by atoms with van der Waals surface area (Å²) < 4.78 is 1.91. The Morgan fingerprint density at radius 2 is 1.74 bits per heavy atom. The quantitative estimate of drug-likeness (QED) is 0.629. The lowest BCUT2D eigenvalue weighted by Gasteiger charge is -2.27. The highest BCUT2D eigenvalue weighted by atomic mass is 32.2. The standard InChI is InChI=1S/C24H26N4O2S/c1-17(19-9-5-3-6-10-19)25-21(29)13-14-22(30)27-15-16-31-24-23(27)18(2)26-28(24)20-11-7-4-8-12-20/h3-12,17H,13-16H2,1-2H3,(H,25,29)/t17-/m0/s1. The summed E-state index contributed by atoms with van der Waals surface area (Å²) in [5.74, 6) is 0.640. The van der Waals surface area contributed by atoms with Crippen LogP contribution in [-0.4, -0.2) is 33.9 Å². The first kappa shape index (κ1) is 21.2. The molecule has 2 heterocycles. The Balaban J connectivity index is 1.42. The number of benzene rings is 2. The van der Waals surface area contributed by atoms with Gasteiger partial charge >= 0.3 is 0 Å². The van der Waals surface area contributed by atoms with Gasteiger partial charge in [-0.1, -0.05) is 48.5 Å². The van der Waals surface area contributed by atoms with Crippen LogP contribution < -0.4 is 10.2 Å². The number of rotatable bonds is 6. The zero-order valence-electron chi connectivity index (χ0n) is 17.7. The summed E-state index contributed by atoms with van der Waals surface area (Å²) in [5, 5.41) is 8.64. The van der Waals surface area contributed by atoms with Crippen LogP contribution in [0.1, 0.15) is 37.1 Å². The van der Waals surface area contributed by atoms with E-state index in [0.717, 1.165) is 33.4 Å². The van der Waals surface area contributed by atoms with Gasteiger partial charge in [-0.05, 0) is 31.5 Å². The molecule has 0 radical (unpaired) electrons. The van der Waals surface area contributed by atoms with Gasteiger partial charge in [-0.25, -0.2) is 4.68 Å². The monoisotopic (exact) mass is 434 g/mol. The van der Waals surface area contributed by atoms with E-state index >= 15 is 0 Å². The third kappa shape index (κ3) is 4.66. The van der Waals surface area contributed by atoms with Crippen molar-refractivity contribution in [3.8, 4) is 5.69 Å². The molecule has 0 aliphatic carbocycles. The highest BCUT2D eigenvalue weighted by molar-refractivity contribution is 7.99. The first-order valence-electron chi connectivity index (χ1n) is 10.5. The van der Waals surface area contributed by atoms with E-state index in [-0.39, 0.29) is 30.7 Å². The fourth-order valence-electron chi connectivity index (χ4n) is 3.77. The van der Waals surface area contributed by atoms with Crippen LogP contribution in [0.4, 0.5) is 5.69 Å². The van der Waals surface area contributed by atoms with Crippen molar-refractivity contribution in [3.63, 3.8) is 0 Å². The van der Waals surface area contributed by atoms with Crippen molar-refractivity contribution in [2.24, 2.45) is 0 Å². The molecule has 0 saturated carbocycles. The molecule has 3 aromatic rings. The van der Waals surface area contributed by atoms with E-state index in [2.05, 4.69) is 10.4 Å². The Kier molecular flexibility index (Phi) is 6.42. The van der Waals surface area contributed by atoms with Gasteiger partial charge in [0.25, 0.3) is 0 Å². The van der Waals surface area contributed by atoms with Crippen molar-refractivity contribution in [2.45, 2.75) is 37.8 Å². The third-order valence-corrected chi connectivity index (χ3v) is 6.38. The number of thioether (sulfide) groups is 1. The first-order valence-corrected chi connectivity index (χ1v) is 11.5. The molecule has 31 heavy (non-hydrogen) atoms. The minimum atomic E-state index is -0.118. The predicted octanol–water partition coefficient (Wildman–Crippen LogP) is 4.28. The predicted molar refractivity (Wildman–Crippen MR) is 124 cm³/mol. The normalized spacial score (nSPS) is 14.1. The Hall–Kier alpha value is -3.06. The van der Waals surface area contributed by atoms with Gasteiger partial charge in [0.2, 0.25) is 11.8 Å². The second kappa shape index (κ2) is 9.39. The topological polar surface area (TPSA) is 67.2 Å². The van der Waals surface area contributed by atoms with Crippen molar-refractivity contribution in [2.75, 3.05) is 17.2 Å². The molecule has 0 bridgehead atoms. The van der Waals surface area contributed by atoms with Crippen LogP contribution >= 0.6 is 11.8 Å². The van der Waals surface area contributed by atoms with Crippen LogP contribution in [0.2, 0.25) is 0 Å². The Morgan fingerprint density at radius 1 is 1.06 bits per heavy atom. The van der Waals surface area contributed by atoms with E-state index in [4.69, 9.17) is 0 Å². The van der Waals surface area contributed by atoms with Crippen molar-refractivity contribution < 1.29 is 9.59 Å². The number of fused-ring (bicyclic) bond motifs is 1. The average molecular weight is 435 g/mol. The fourth-order valence-corrected chi connectivity index (χ4v) is 4.90. The van der Waals surface area contributed by atoms with Crippen LogP contribution in [0.25, 0.3) is 5.69 Å². The van der Waals surface area contributed by atoms with E-state index in [1.54, 1.807) is 16.7 Å². The molecule has 2 amide bonds. The molecule has 2 aromatic carbocycles. The number of nitrogens with one attached hydrogen (secondary N) is 1. The molecule has 1 N–H and O–H groups in total. The number of aryl methyl sites for hydroxylation is 1. The SMILES string of the molecule is Cc1nn(-c2ccccc2)c2c1N(C(=O)CCC(=O)N[C@@H](C)c1ccccc1)CCS2. The van der Waals surface area contributed by atoms with Gasteiger partial charge in [0.15, 0.2) is 0 Å². The van der Waals surface area contributed by atoms with Crippen LogP contribution in [0.5, 0.6) is 0 Å². The number of amides is 2. The van der Waals surface area contributed by atoms with Gasteiger partial charge in [0, 0.05) is 25.1 Å². The maximum absolute atomic E-state index is 13.0. The number of hydrogen-bond donors (Lipinski definition) is 1. The van der Waals surface area contributed by atoms with E-state index in [1.165, 1.54) is 0 Å². The highest BCUT2D eigenvalue weighted by Gasteiger charge is 2.30. The molecule has 1 aliphatic heterocycles. The van der Waals surface area contributed by atoms with Gasteiger partial charge < -0.3 is 10.2 Å². The number of aromatic nitrogens is 2. The smallest absolute Gasteiger partial charge is 0.227 e. The van der Waals surface area contributed by atoms with Crippen LogP contribution in [-0.2, 0) is 9.59 Å². The number of carbonyl (C=O) groups is 2. The van der Waals surface area contributed by atoms with Crippen molar-refractivity contribution in [1.29, 1.82) is 0 Å².